The third-order valence-electron chi connectivity index (χ3n) is 3.63. The van der Waals surface area contributed by atoms with Gasteiger partial charge in [-0.1, -0.05) is 24.3 Å². The second-order valence-corrected chi connectivity index (χ2v) is 7.59. The van der Waals surface area contributed by atoms with E-state index in [1.807, 2.05) is 6.07 Å². The van der Waals surface area contributed by atoms with E-state index < -0.39 is 21.8 Å². The lowest BCUT2D eigenvalue weighted by atomic mass is 10.1. The van der Waals surface area contributed by atoms with Gasteiger partial charge in [0.15, 0.2) is 9.84 Å². The van der Waals surface area contributed by atoms with Gasteiger partial charge in [0.2, 0.25) is 0 Å². The van der Waals surface area contributed by atoms with Crippen molar-refractivity contribution in [2.45, 2.75) is 4.90 Å². The maximum atomic E-state index is 11.8. The summed E-state index contributed by atoms with van der Waals surface area (Å²) in [5, 5.41) is 2.83. The third-order valence-corrected chi connectivity index (χ3v) is 4.75. The minimum Gasteiger partial charge on any atom is -0.466 e. The summed E-state index contributed by atoms with van der Waals surface area (Å²) < 4.78 is 32.3. The van der Waals surface area contributed by atoms with E-state index in [-0.39, 0.29) is 10.6 Å². The Bertz CT molecular complexity index is 978. The number of methoxy groups -OCH3 is 2. The fourth-order valence-corrected chi connectivity index (χ4v) is 2.89. The molecule has 1 N–H and O–H groups in total. The molecule has 0 aliphatic heterocycles. The van der Waals surface area contributed by atoms with Crippen molar-refractivity contribution in [3.8, 4) is 11.1 Å². The molecule has 2 rings (SSSR count). The summed E-state index contributed by atoms with van der Waals surface area (Å²) in [6.45, 7) is 0. The highest BCUT2D eigenvalue weighted by atomic mass is 32.2. The molecule has 27 heavy (non-hydrogen) atoms. The standard InChI is InChI=1S/C19H19NO6S/c1-25-18(21)12-17(19(22)26-2)20-15-6-4-5-14(11-15)13-7-9-16(10-8-13)27(3,23)24/h4-12,20H,1-3H3/b17-12+. The number of benzene rings is 2. The molecule has 7 nitrogen and oxygen atoms in total. The van der Waals surface area contributed by atoms with Crippen LogP contribution in [0.5, 0.6) is 0 Å². The molecule has 0 aromatic heterocycles. The minimum absolute atomic E-state index is 0.0751. The van der Waals surface area contributed by atoms with Gasteiger partial charge in [-0.25, -0.2) is 18.0 Å². The van der Waals surface area contributed by atoms with Crippen molar-refractivity contribution in [1.82, 2.24) is 0 Å². The Labute approximate surface area is 157 Å². The van der Waals surface area contributed by atoms with E-state index in [1.165, 1.54) is 26.4 Å². The highest BCUT2D eigenvalue weighted by molar-refractivity contribution is 7.90. The molecule has 0 amide bonds. The van der Waals surface area contributed by atoms with Gasteiger partial charge in [0.05, 0.1) is 25.2 Å². The van der Waals surface area contributed by atoms with Crippen LogP contribution in [0.3, 0.4) is 0 Å². The average Bonchev–Trinajstić information content (AvgIpc) is 2.66. The normalized spacial score (nSPS) is 11.6. The number of sulfone groups is 1. The molecule has 0 atom stereocenters. The number of rotatable bonds is 6. The van der Waals surface area contributed by atoms with Crippen LogP contribution >= 0.6 is 0 Å². The first-order chi connectivity index (χ1) is 12.7. The van der Waals surface area contributed by atoms with E-state index in [2.05, 4.69) is 14.8 Å². The first-order valence-electron chi connectivity index (χ1n) is 7.80. The zero-order valence-corrected chi connectivity index (χ0v) is 15.9. The molecule has 0 bridgehead atoms. The number of esters is 2. The Morgan fingerprint density at radius 2 is 1.63 bits per heavy atom. The van der Waals surface area contributed by atoms with Gasteiger partial charge in [0.25, 0.3) is 0 Å². The van der Waals surface area contributed by atoms with Crippen LogP contribution in [0.2, 0.25) is 0 Å². The minimum atomic E-state index is -3.27. The van der Waals surface area contributed by atoms with Crippen LogP contribution in [0.15, 0.2) is 65.2 Å². The molecule has 0 fully saturated rings. The van der Waals surface area contributed by atoms with Gasteiger partial charge < -0.3 is 14.8 Å². The van der Waals surface area contributed by atoms with Gasteiger partial charge in [-0.15, -0.1) is 0 Å². The number of anilines is 1. The van der Waals surface area contributed by atoms with E-state index >= 15 is 0 Å². The predicted molar refractivity (Wildman–Crippen MR) is 101 cm³/mol. The Balaban J connectivity index is 2.32. The second-order valence-electron chi connectivity index (χ2n) is 5.58. The molecule has 8 heteroatoms. The van der Waals surface area contributed by atoms with Gasteiger partial charge in [0.1, 0.15) is 5.70 Å². The van der Waals surface area contributed by atoms with Crippen LogP contribution < -0.4 is 5.32 Å². The van der Waals surface area contributed by atoms with E-state index in [9.17, 15) is 18.0 Å². The highest BCUT2D eigenvalue weighted by Crippen LogP contribution is 2.25. The zero-order valence-electron chi connectivity index (χ0n) is 15.1. The molecular weight excluding hydrogens is 370 g/mol. The van der Waals surface area contributed by atoms with Crippen LogP contribution in [0, 0.1) is 0 Å². The Hall–Kier alpha value is -3.13. The first-order valence-corrected chi connectivity index (χ1v) is 9.69. The fourth-order valence-electron chi connectivity index (χ4n) is 2.26. The van der Waals surface area contributed by atoms with Crippen molar-refractivity contribution >= 4 is 27.5 Å². The van der Waals surface area contributed by atoms with Crippen molar-refractivity contribution in [2.24, 2.45) is 0 Å². The molecule has 2 aromatic carbocycles. The summed E-state index contributed by atoms with van der Waals surface area (Å²) in [6, 6.07) is 13.5. The monoisotopic (exact) mass is 389 g/mol. The average molecular weight is 389 g/mol. The Morgan fingerprint density at radius 1 is 0.963 bits per heavy atom. The summed E-state index contributed by atoms with van der Waals surface area (Å²) in [6.07, 6.45) is 2.15. The van der Waals surface area contributed by atoms with Crippen molar-refractivity contribution in [1.29, 1.82) is 0 Å². The molecule has 0 unspecified atom stereocenters. The van der Waals surface area contributed by atoms with E-state index in [0.717, 1.165) is 23.5 Å². The van der Waals surface area contributed by atoms with Crippen LogP contribution in [-0.2, 0) is 28.9 Å². The largest absolute Gasteiger partial charge is 0.466 e. The van der Waals surface area contributed by atoms with E-state index in [0.29, 0.717) is 5.69 Å². The topological polar surface area (TPSA) is 98.8 Å². The maximum absolute atomic E-state index is 11.8. The molecule has 0 radical (unpaired) electrons. The molecule has 0 saturated heterocycles. The van der Waals surface area contributed by atoms with Crippen molar-refractivity contribution < 1.29 is 27.5 Å². The maximum Gasteiger partial charge on any atom is 0.354 e. The van der Waals surface area contributed by atoms with Crippen LogP contribution in [-0.4, -0.2) is 40.8 Å². The summed E-state index contributed by atoms with van der Waals surface area (Å²) in [4.78, 5) is 23.5. The van der Waals surface area contributed by atoms with Crippen LogP contribution in [0.1, 0.15) is 0 Å². The number of hydrogen-bond acceptors (Lipinski definition) is 7. The molecule has 0 spiro atoms. The van der Waals surface area contributed by atoms with Crippen molar-refractivity contribution in [2.75, 3.05) is 25.8 Å². The van der Waals surface area contributed by atoms with Gasteiger partial charge in [-0.05, 0) is 35.4 Å². The lowest BCUT2D eigenvalue weighted by Crippen LogP contribution is -2.15. The number of nitrogens with one attached hydrogen (secondary N) is 1. The van der Waals surface area contributed by atoms with E-state index in [4.69, 9.17) is 0 Å². The third kappa shape index (κ3) is 5.42. The van der Waals surface area contributed by atoms with Crippen LogP contribution in [0.4, 0.5) is 5.69 Å². The van der Waals surface area contributed by atoms with Crippen LogP contribution in [0.25, 0.3) is 11.1 Å². The van der Waals surface area contributed by atoms with Gasteiger partial charge >= 0.3 is 11.9 Å². The molecule has 0 aliphatic rings. The van der Waals surface area contributed by atoms with Gasteiger partial charge in [-0.3, -0.25) is 0 Å². The lowest BCUT2D eigenvalue weighted by Gasteiger charge is -2.11. The van der Waals surface area contributed by atoms with Gasteiger partial charge in [0, 0.05) is 11.9 Å². The quantitative estimate of drug-likeness (QED) is 0.598. The summed E-state index contributed by atoms with van der Waals surface area (Å²) in [7, 11) is -0.861. The Kier molecular flexibility index (Phi) is 6.36. The van der Waals surface area contributed by atoms with Crippen molar-refractivity contribution in [3.63, 3.8) is 0 Å². The lowest BCUT2D eigenvalue weighted by molar-refractivity contribution is -0.138. The molecule has 0 aliphatic carbocycles. The summed E-state index contributed by atoms with van der Waals surface area (Å²) in [5.74, 6) is -1.42. The second kappa shape index (κ2) is 8.50. The molecule has 0 heterocycles. The number of hydrogen-bond donors (Lipinski definition) is 1. The molecule has 0 saturated carbocycles. The highest BCUT2D eigenvalue weighted by Gasteiger charge is 2.13. The molecule has 142 valence electrons. The summed E-state index contributed by atoms with van der Waals surface area (Å²) in [5.41, 5.74) is 2.05. The van der Waals surface area contributed by atoms with Crippen molar-refractivity contribution in [3.05, 3.63) is 60.3 Å². The summed E-state index contributed by atoms with van der Waals surface area (Å²) >= 11 is 0. The SMILES string of the molecule is COC(=O)/C=C(/Nc1cccc(-c2ccc(S(C)(=O)=O)cc2)c1)C(=O)OC. The predicted octanol–water partition coefficient (Wildman–Crippen LogP) is 2.40. The molecular formula is C19H19NO6S. The smallest absolute Gasteiger partial charge is 0.354 e. The molecule has 2 aromatic rings. The zero-order chi connectivity index (χ0) is 20.0. The van der Waals surface area contributed by atoms with Gasteiger partial charge in [-0.2, -0.15) is 0 Å². The number of ether oxygens (including phenoxy) is 2. The fraction of sp³-hybridized carbons (Fsp3) is 0.158. The number of carbonyl (C=O) groups is 2. The van der Waals surface area contributed by atoms with E-state index in [1.54, 1.807) is 30.3 Å². The Morgan fingerprint density at radius 3 is 2.19 bits per heavy atom. The number of carbonyl (C=O) groups excluding carboxylic acids is 2. The first kappa shape index (κ1) is 20.2.